The molecule has 0 spiro atoms. The van der Waals surface area contributed by atoms with Gasteiger partial charge in [0.15, 0.2) is 11.5 Å². The molecule has 2 rings (SSSR count). The van der Waals surface area contributed by atoms with Crippen molar-refractivity contribution in [2.24, 2.45) is 0 Å². The van der Waals surface area contributed by atoms with E-state index in [2.05, 4.69) is 9.97 Å². The van der Waals surface area contributed by atoms with Gasteiger partial charge in [-0.1, -0.05) is 0 Å². The second kappa shape index (κ2) is 6.58. The maximum Gasteiger partial charge on any atom is 0.328 e. The first-order valence-electron chi connectivity index (χ1n) is 4.98. The first-order valence-corrected chi connectivity index (χ1v) is 4.98. The Labute approximate surface area is 111 Å². The van der Waals surface area contributed by atoms with Crippen LogP contribution in [-0.2, 0) is 0 Å². The van der Waals surface area contributed by atoms with Crippen LogP contribution in [0.1, 0.15) is 0 Å². The first-order chi connectivity index (χ1) is 9.43. The van der Waals surface area contributed by atoms with Gasteiger partial charge in [-0.3, -0.25) is 30.2 Å². The zero-order chi connectivity index (χ0) is 15.1. The summed E-state index contributed by atoms with van der Waals surface area (Å²) in [5.74, 6) is -0.722. The summed E-state index contributed by atoms with van der Waals surface area (Å²) in [6.07, 6.45) is 4.55. The number of hydrogen-bond acceptors (Lipinski definition) is 8. The molecule has 0 amide bonds. The minimum Gasteiger partial charge on any atom is -0.502 e. The molecule has 10 nitrogen and oxygen atoms in total. The summed E-state index contributed by atoms with van der Waals surface area (Å²) in [6.45, 7) is 0. The second-order valence-electron chi connectivity index (χ2n) is 3.24. The third-order valence-corrected chi connectivity index (χ3v) is 1.95. The van der Waals surface area contributed by atoms with Crippen LogP contribution in [0.5, 0.6) is 11.5 Å². The lowest BCUT2D eigenvalue weighted by Crippen LogP contribution is -1.88. The van der Waals surface area contributed by atoms with Gasteiger partial charge >= 0.3 is 11.4 Å². The van der Waals surface area contributed by atoms with Gasteiger partial charge in [0.05, 0.1) is 9.85 Å². The number of pyridine rings is 2. The summed E-state index contributed by atoms with van der Waals surface area (Å²) in [4.78, 5) is 25.6. The van der Waals surface area contributed by atoms with Crippen molar-refractivity contribution in [3.8, 4) is 11.5 Å². The SMILES string of the molecule is O=[N+]([O-])c1cnccc1O.O=[N+]([O-])c1cnccc1O. The van der Waals surface area contributed by atoms with E-state index in [4.69, 9.17) is 10.2 Å². The highest BCUT2D eigenvalue weighted by Crippen LogP contribution is 2.22. The van der Waals surface area contributed by atoms with Crippen LogP contribution in [0.2, 0.25) is 0 Å². The fourth-order valence-corrected chi connectivity index (χ4v) is 1.04. The maximum atomic E-state index is 10.0. The molecular formula is C10H8N4O6. The molecule has 2 aromatic rings. The zero-order valence-electron chi connectivity index (χ0n) is 9.78. The Balaban J connectivity index is 0.000000200. The number of aromatic hydroxyl groups is 2. The Bertz CT molecular complexity index is 577. The molecule has 0 unspecified atom stereocenters. The highest BCUT2D eigenvalue weighted by atomic mass is 16.6. The molecule has 20 heavy (non-hydrogen) atoms. The Morgan fingerprint density at radius 2 is 1.20 bits per heavy atom. The molecule has 2 aromatic heterocycles. The second-order valence-corrected chi connectivity index (χ2v) is 3.24. The van der Waals surface area contributed by atoms with Crippen LogP contribution in [0.25, 0.3) is 0 Å². The number of aromatic nitrogens is 2. The molecule has 0 aliphatic carbocycles. The maximum absolute atomic E-state index is 10.0. The monoisotopic (exact) mass is 280 g/mol. The third-order valence-electron chi connectivity index (χ3n) is 1.95. The van der Waals surface area contributed by atoms with Crippen LogP contribution in [0.3, 0.4) is 0 Å². The summed E-state index contributed by atoms with van der Waals surface area (Å²) in [5.41, 5.74) is -0.745. The van der Waals surface area contributed by atoms with Crippen LogP contribution in [0.15, 0.2) is 36.9 Å². The number of rotatable bonds is 2. The first kappa shape index (κ1) is 14.8. The van der Waals surface area contributed by atoms with E-state index < -0.39 is 9.85 Å². The molecule has 0 fully saturated rings. The van der Waals surface area contributed by atoms with Crippen LogP contribution < -0.4 is 0 Å². The van der Waals surface area contributed by atoms with Crippen molar-refractivity contribution in [1.29, 1.82) is 0 Å². The third kappa shape index (κ3) is 3.87. The van der Waals surface area contributed by atoms with Crippen molar-refractivity contribution in [2.45, 2.75) is 0 Å². The van der Waals surface area contributed by atoms with Crippen molar-refractivity contribution in [3.63, 3.8) is 0 Å². The highest BCUT2D eigenvalue weighted by molar-refractivity contribution is 5.41. The van der Waals surface area contributed by atoms with E-state index in [9.17, 15) is 20.2 Å². The normalized spacial score (nSPS) is 9.20. The van der Waals surface area contributed by atoms with Gasteiger partial charge in [-0.25, -0.2) is 0 Å². The van der Waals surface area contributed by atoms with Gasteiger partial charge in [-0.15, -0.1) is 0 Å². The van der Waals surface area contributed by atoms with Crippen molar-refractivity contribution in [3.05, 3.63) is 57.1 Å². The summed E-state index contributed by atoms with van der Waals surface area (Å²) < 4.78 is 0. The van der Waals surface area contributed by atoms with E-state index in [0.717, 1.165) is 24.5 Å². The molecular weight excluding hydrogens is 272 g/mol. The molecule has 10 heteroatoms. The molecule has 0 aromatic carbocycles. The average Bonchev–Trinajstić information content (AvgIpc) is 2.40. The zero-order valence-corrected chi connectivity index (χ0v) is 9.78. The molecule has 104 valence electrons. The van der Waals surface area contributed by atoms with Crippen molar-refractivity contribution in [1.82, 2.24) is 9.97 Å². The summed E-state index contributed by atoms with van der Waals surface area (Å²) in [6, 6.07) is 2.33. The van der Waals surface area contributed by atoms with Crippen LogP contribution in [0, 0.1) is 20.2 Å². The molecule has 0 bridgehead atoms. The average molecular weight is 280 g/mol. The minimum absolute atomic E-state index is 0.361. The van der Waals surface area contributed by atoms with Crippen LogP contribution in [0.4, 0.5) is 11.4 Å². The van der Waals surface area contributed by atoms with Crippen molar-refractivity contribution in [2.75, 3.05) is 0 Å². The molecule has 0 saturated heterocycles. The van der Waals surface area contributed by atoms with Gasteiger partial charge in [0.25, 0.3) is 0 Å². The van der Waals surface area contributed by atoms with Crippen LogP contribution >= 0.6 is 0 Å². The van der Waals surface area contributed by atoms with E-state index in [1.807, 2.05) is 0 Å². The van der Waals surface area contributed by atoms with Crippen molar-refractivity contribution < 1.29 is 20.1 Å². The van der Waals surface area contributed by atoms with Gasteiger partial charge in [-0.2, -0.15) is 0 Å². The quantitative estimate of drug-likeness (QED) is 0.618. The van der Waals surface area contributed by atoms with Gasteiger partial charge in [0.1, 0.15) is 12.4 Å². The van der Waals surface area contributed by atoms with Gasteiger partial charge in [-0.05, 0) is 0 Å². The Morgan fingerprint density at radius 3 is 1.40 bits per heavy atom. The predicted molar refractivity (Wildman–Crippen MR) is 65.1 cm³/mol. The van der Waals surface area contributed by atoms with E-state index >= 15 is 0 Å². The summed E-state index contributed by atoms with van der Waals surface area (Å²) in [7, 11) is 0. The van der Waals surface area contributed by atoms with Crippen LogP contribution in [-0.4, -0.2) is 30.0 Å². The minimum atomic E-state index is -0.692. The molecule has 0 saturated carbocycles. The van der Waals surface area contributed by atoms with E-state index in [1.165, 1.54) is 12.4 Å². The number of nitrogens with zero attached hydrogens (tertiary/aromatic N) is 4. The molecule has 2 heterocycles. The van der Waals surface area contributed by atoms with Crippen molar-refractivity contribution >= 4 is 11.4 Å². The van der Waals surface area contributed by atoms with E-state index in [1.54, 1.807) is 0 Å². The van der Waals surface area contributed by atoms with Gasteiger partial charge in [0, 0.05) is 24.5 Å². The molecule has 0 atom stereocenters. The fourth-order valence-electron chi connectivity index (χ4n) is 1.04. The Kier molecular flexibility index (Phi) is 4.86. The number of hydrogen-bond donors (Lipinski definition) is 2. The van der Waals surface area contributed by atoms with E-state index in [0.29, 0.717) is 0 Å². The smallest absolute Gasteiger partial charge is 0.328 e. The molecule has 0 aliphatic heterocycles. The lowest BCUT2D eigenvalue weighted by Gasteiger charge is -1.90. The van der Waals surface area contributed by atoms with Gasteiger partial charge in [0.2, 0.25) is 0 Å². The lowest BCUT2D eigenvalue weighted by atomic mass is 10.4. The predicted octanol–water partition coefficient (Wildman–Crippen LogP) is 1.39. The molecule has 0 aliphatic rings. The molecule has 0 radical (unpaired) electrons. The van der Waals surface area contributed by atoms with E-state index in [-0.39, 0.29) is 22.9 Å². The number of nitro groups is 2. The van der Waals surface area contributed by atoms with Gasteiger partial charge < -0.3 is 10.2 Å². The summed E-state index contributed by atoms with van der Waals surface area (Å²) >= 11 is 0. The largest absolute Gasteiger partial charge is 0.502 e. The lowest BCUT2D eigenvalue weighted by molar-refractivity contribution is -0.386. The Hall–Kier alpha value is -3.30. The topological polar surface area (TPSA) is 153 Å². The highest BCUT2D eigenvalue weighted by Gasteiger charge is 2.11. The summed E-state index contributed by atoms with van der Waals surface area (Å²) in [5, 5.41) is 37.7. The Morgan fingerprint density at radius 1 is 0.850 bits per heavy atom. The standard InChI is InChI=1S/2C5H4N2O3/c2*8-5-1-2-6-3-4(5)7(9)10/h2*1-3H,(H,6,8). The fraction of sp³-hybridized carbons (Fsp3) is 0. The molecule has 2 N–H and O–H groups in total.